The first-order valence-electron chi connectivity index (χ1n) is 9.79. The molecule has 0 aliphatic carbocycles. The fourth-order valence-electron chi connectivity index (χ4n) is 2.95. The number of benzene rings is 3. The number of nitrogens with zero attached hydrogens (tertiary/aromatic N) is 1. The fraction of sp³-hybridized carbons (Fsp3) is 0.125. The van der Waals surface area contributed by atoms with Gasteiger partial charge in [-0.25, -0.2) is 8.42 Å². The van der Waals surface area contributed by atoms with Crippen LogP contribution in [-0.2, 0) is 14.8 Å². The van der Waals surface area contributed by atoms with E-state index in [2.05, 4.69) is 11.9 Å². The van der Waals surface area contributed by atoms with Crippen LogP contribution in [-0.4, -0.2) is 34.6 Å². The molecule has 7 nitrogen and oxygen atoms in total. The Morgan fingerprint density at radius 2 is 1.72 bits per heavy atom. The second kappa shape index (κ2) is 10.5. The number of anilines is 2. The highest BCUT2D eigenvalue weighted by molar-refractivity contribution is 7.92. The van der Waals surface area contributed by atoms with Gasteiger partial charge in [0.2, 0.25) is 5.91 Å². The number of sulfonamides is 1. The minimum absolute atomic E-state index is 0.0791. The lowest BCUT2D eigenvalue weighted by Gasteiger charge is -2.24. The second-order valence-corrected chi connectivity index (χ2v) is 8.56. The van der Waals surface area contributed by atoms with Gasteiger partial charge in [-0.3, -0.25) is 9.10 Å². The molecule has 3 aromatic rings. The molecule has 0 saturated carbocycles. The van der Waals surface area contributed by atoms with Gasteiger partial charge in [0.15, 0.2) is 0 Å². The smallest absolute Gasteiger partial charge is 0.264 e. The van der Waals surface area contributed by atoms with E-state index in [9.17, 15) is 13.2 Å². The Balaban J connectivity index is 1.89. The third-order valence-corrected chi connectivity index (χ3v) is 6.23. The van der Waals surface area contributed by atoms with Crippen LogP contribution < -0.4 is 19.1 Å². The van der Waals surface area contributed by atoms with Crippen molar-refractivity contribution in [3.8, 4) is 11.5 Å². The zero-order valence-corrected chi connectivity index (χ0v) is 18.4. The Hall–Kier alpha value is -3.78. The number of nitrogens with one attached hydrogen (secondary N) is 1. The number of methoxy groups -OCH3 is 1. The van der Waals surface area contributed by atoms with Gasteiger partial charge in [0.05, 0.1) is 17.7 Å². The summed E-state index contributed by atoms with van der Waals surface area (Å²) >= 11 is 0. The van der Waals surface area contributed by atoms with Crippen LogP contribution in [0.3, 0.4) is 0 Å². The van der Waals surface area contributed by atoms with Crippen LogP contribution >= 0.6 is 0 Å². The summed E-state index contributed by atoms with van der Waals surface area (Å²) in [5.74, 6) is 0.528. The molecule has 32 heavy (non-hydrogen) atoms. The van der Waals surface area contributed by atoms with E-state index < -0.39 is 22.5 Å². The molecular weight excluding hydrogens is 428 g/mol. The molecule has 0 heterocycles. The summed E-state index contributed by atoms with van der Waals surface area (Å²) in [5, 5.41) is 2.73. The molecule has 0 bridgehead atoms. The van der Waals surface area contributed by atoms with Crippen LogP contribution in [0.5, 0.6) is 11.5 Å². The van der Waals surface area contributed by atoms with Crippen molar-refractivity contribution in [1.82, 2.24) is 0 Å². The molecule has 0 fully saturated rings. The van der Waals surface area contributed by atoms with E-state index in [0.29, 0.717) is 29.5 Å². The third-order valence-electron chi connectivity index (χ3n) is 4.45. The minimum atomic E-state index is -4.01. The van der Waals surface area contributed by atoms with Gasteiger partial charge < -0.3 is 14.8 Å². The van der Waals surface area contributed by atoms with E-state index in [0.717, 1.165) is 4.31 Å². The molecule has 3 aromatic carbocycles. The van der Waals surface area contributed by atoms with E-state index in [4.69, 9.17) is 9.47 Å². The third kappa shape index (κ3) is 5.67. The highest BCUT2D eigenvalue weighted by Gasteiger charge is 2.27. The Kier molecular flexibility index (Phi) is 7.51. The zero-order chi connectivity index (χ0) is 23.0. The maximum Gasteiger partial charge on any atom is 0.264 e. The molecule has 0 spiro atoms. The maximum atomic E-state index is 13.4. The first-order valence-corrected chi connectivity index (χ1v) is 11.2. The van der Waals surface area contributed by atoms with Gasteiger partial charge in [0.1, 0.15) is 24.7 Å². The number of ether oxygens (including phenoxy) is 2. The van der Waals surface area contributed by atoms with Crippen LogP contribution in [0.15, 0.2) is 96.4 Å². The fourth-order valence-corrected chi connectivity index (χ4v) is 4.38. The molecule has 0 radical (unpaired) electrons. The number of amides is 1. The van der Waals surface area contributed by atoms with Crippen molar-refractivity contribution in [2.24, 2.45) is 0 Å². The monoisotopic (exact) mass is 452 g/mol. The molecule has 0 saturated heterocycles. The van der Waals surface area contributed by atoms with Gasteiger partial charge in [-0.05, 0) is 36.4 Å². The normalized spacial score (nSPS) is 10.8. The second-order valence-electron chi connectivity index (χ2n) is 6.70. The van der Waals surface area contributed by atoms with Crippen molar-refractivity contribution in [3.63, 3.8) is 0 Å². The lowest BCUT2D eigenvalue weighted by atomic mass is 10.3. The van der Waals surface area contributed by atoms with Crippen molar-refractivity contribution in [1.29, 1.82) is 0 Å². The van der Waals surface area contributed by atoms with Gasteiger partial charge in [-0.1, -0.05) is 43.0 Å². The quantitative estimate of drug-likeness (QED) is 0.468. The number of rotatable bonds is 10. The van der Waals surface area contributed by atoms with Crippen molar-refractivity contribution >= 4 is 27.3 Å². The predicted octanol–water partition coefficient (Wildman–Crippen LogP) is 4.09. The molecule has 1 amide bonds. The number of hydrogen-bond acceptors (Lipinski definition) is 5. The van der Waals surface area contributed by atoms with Crippen LogP contribution in [0.1, 0.15) is 0 Å². The summed E-state index contributed by atoms with van der Waals surface area (Å²) in [4.78, 5) is 12.9. The Morgan fingerprint density at radius 1 is 1.00 bits per heavy atom. The molecule has 0 aromatic heterocycles. The highest BCUT2D eigenvalue weighted by Crippen LogP contribution is 2.27. The predicted molar refractivity (Wildman–Crippen MR) is 125 cm³/mol. The van der Waals surface area contributed by atoms with Crippen LogP contribution in [0.4, 0.5) is 11.4 Å². The van der Waals surface area contributed by atoms with Crippen LogP contribution in [0.25, 0.3) is 0 Å². The standard InChI is InChI=1S/C24H24N2O5S/c1-3-15-31-22-12-7-9-19(16-22)25-24(27)18-26(20-10-8-11-21(17-20)30-2)32(28,29)23-13-5-4-6-14-23/h3-14,16-17H,1,15,18H2,2H3,(H,25,27). The minimum Gasteiger partial charge on any atom is -0.497 e. The average Bonchev–Trinajstić information content (AvgIpc) is 2.82. The summed E-state index contributed by atoms with van der Waals surface area (Å²) in [7, 11) is -2.52. The first-order chi connectivity index (χ1) is 15.4. The molecule has 0 unspecified atom stereocenters. The molecular formula is C24H24N2O5S. The van der Waals surface area contributed by atoms with Gasteiger partial charge >= 0.3 is 0 Å². The largest absolute Gasteiger partial charge is 0.497 e. The maximum absolute atomic E-state index is 13.4. The van der Waals surface area contributed by atoms with Crippen LogP contribution in [0.2, 0.25) is 0 Å². The number of hydrogen-bond donors (Lipinski definition) is 1. The van der Waals surface area contributed by atoms with E-state index >= 15 is 0 Å². The number of carbonyl (C=O) groups excluding carboxylic acids is 1. The summed E-state index contributed by atoms with van der Waals surface area (Å²) in [6.45, 7) is 3.50. The average molecular weight is 453 g/mol. The van der Waals surface area contributed by atoms with Crippen molar-refractivity contribution < 1.29 is 22.7 Å². The zero-order valence-electron chi connectivity index (χ0n) is 17.6. The van der Waals surface area contributed by atoms with Gasteiger partial charge in [0.25, 0.3) is 10.0 Å². The molecule has 3 rings (SSSR count). The summed E-state index contributed by atoms with van der Waals surface area (Å²) in [6, 6.07) is 21.3. The first kappa shape index (κ1) is 22.9. The SMILES string of the molecule is C=CCOc1cccc(NC(=O)CN(c2cccc(OC)c2)S(=O)(=O)c2ccccc2)c1. The van der Waals surface area contributed by atoms with Gasteiger partial charge in [-0.2, -0.15) is 0 Å². The van der Waals surface area contributed by atoms with Crippen molar-refractivity contribution in [2.75, 3.05) is 29.9 Å². The molecule has 1 N–H and O–H groups in total. The van der Waals surface area contributed by atoms with E-state index in [1.54, 1.807) is 72.8 Å². The Labute approximate surface area is 188 Å². The summed E-state index contributed by atoms with van der Waals surface area (Å²) in [6.07, 6.45) is 1.62. The van der Waals surface area contributed by atoms with Gasteiger partial charge in [0, 0.05) is 17.8 Å². The van der Waals surface area contributed by atoms with Crippen molar-refractivity contribution in [2.45, 2.75) is 4.90 Å². The van der Waals surface area contributed by atoms with E-state index in [-0.39, 0.29) is 4.90 Å². The Morgan fingerprint density at radius 3 is 2.44 bits per heavy atom. The van der Waals surface area contributed by atoms with E-state index in [1.807, 2.05) is 0 Å². The molecule has 166 valence electrons. The molecule has 8 heteroatoms. The molecule has 0 aliphatic rings. The highest BCUT2D eigenvalue weighted by atomic mass is 32.2. The number of carbonyl (C=O) groups is 1. The molecule has 0 atom stereocenters. The lowest BCUT2D eigenvalue weighted by molar-refractivity contribution is -0.114. The summed E-state index contributed by atoms with van der Waals surface area (Å²) in [5.41, 5.74) is 0.797. The summed E-state index contributed by atoms with van der Waals surface area (Å²) < 4.78 is 38.5. The molecule has 0 aliphatic heterocycles. The van der Waals surface area contributed by atoms with Crippen LogP contribution in [0, 0.1) is 0 Å². The Bertz CT molecular complexity index is 1180. The topological polar surface area (TPSA) is 84.9 Å². The lowest BCUT2D eigenvalue weighted by Crippen LogP contribution is -2.38. The van der Waals surface area contributed by atoms with E-state index in [1.165, 1.54) is 19.2 Å². The van der Waals surface area contributed by atoms with Gasteiger partial charge in [-0.15, -0.1) is 0 Å². The van der Waals surface area contributed by atoms with Crippen molar-refractivity contribution in [3.05, 3.63) is 91.5 Å².